The summed E-state index contributed by atoms with van der Waals surface area (Å²) >= 11 is 0. The van der Waals surface area contributed by atoms with E-state index in [1.54, 1.807) is 13.3 Å². The molecule has 4 nitrogen and oxygen atoms in total. The van der Waals surface area contributed by atoms with Crippen LogP contribution in [0.5, 0.6) is 5.75 Å². The highest BCUT2D eigenvalue weighted by Gasteiger charge is 2.00. The average Bonchev–Trinajstić information content (AvgIpc) is 2.52. The Morgan fingerprint density at radius 1 is 1.20 bits per heavy atom. The number of methoxy groups -OCH3 is 1. The molecule has 0 fully saturated rings. The van der Waals surface area contributed by atoms with Gasteiger partial charge in [-0.1, -0.05) is 6.07 Å². The minimum atomic E-state index is 0.851. The molecule has 20 heavy (non-hydrogen) atoms. The number of nitrogens with zero attached hydrogens (tertiary/aromatic N) is 2. The van der Waals surface area contributed by atoms with Gasteiger partial charge in [-0.2, -0.15) is 0 Å². The van der Waals surface area contributed by atoms with Gasteiger partial charge in [-0.25, -0.2) is 0 Å². The van der Waals surface area contributed by atoms with Crippen molar-refractivity contribution in [3.8, 4) is 5.75 Å². The van der Waals surface area contributed by atoms with Gasteiger partial charge in [0.2, 0.25) is 0 Å². The second kappa shape index (κ2) is 7.50. The number of aromatic nitrogens is 1. The third-order valence-electron chi connectivity index (χ3n) is 3.19. The molecule has 0 spiro atoms. The summed E-state index contributed by atoms with van der Waals surface area (Å²) in [5.74, 6) is 0.886. The summed E-state index contributed by atoms with van der Waals surface area (Å²) in [6.07, 6.45) is 3.68. The molecule has 0 aliphatic carbocycles. The zero-order valence-corrected chi connectivity index (χ0v) is 12.0. The third-order valence-corrected chi connectivity index (χ3v) is 3.19. The Morgan fingerprint density at radius 2 is 2.00 bits per heavy atom. The summed E-state index contributed by atoms with van der Waals surface area (Å²) in [5, 5.41) is 3.42. The highest BCUT2D eigenvalue weighted by Crippen LogP contribution is 2.17. The molecular weight excluding hydrogens is 250 g/mol. The third kappa shape index (κ3) is 4.24. The van der Waals surface area contributed by atoms with Gasteiger partial charge >= 0.3 is 0 Å². The van der Waals surface area contributed by atoms with E-state index in [2.05, 4.69) is 40.4 Å². The molecule has 0 saturated heterocycles. The topological polar surface area (TPSA) is 37.4 Å². The average molecular weight is 271 g/mol. The van der Waals surface area contributed by atoms with Crippen molar-refractivity contribution in [1.29, 1.82) is 0 Å². The zero-order chi connectivity index (χ0) is 14.2. The fourth-order valence-electron chi connectivity index (χ4n) is 1.95. The van der Waals surface area contributed by atoms with Crippen molar-refractivity contribution in [2.75, 3.05) is 32.1 Å². The Bertz CT molecular complexity index is 499. The molecule has 1 aromatic heterocycles. The summed E-state index contributed by atoms with van der Waals surface area (Å²) in [5.41, 5.74) is 2.40. The van der Waals surface area contributed by atoms with Crippen molar-refractivity contribution >= 4 is 5.69 Å². The first-order valence-corrected chi connectivity index (χ1v) is 6.74. The summed E-state index contributed by atoms with van der Waals surface area (Å²) in [6.45, 7) is 2.73. The number of anilines is 1. The van der Waals surface area contributed by atoms with Crippen molar-refractivity contribution in [2.45, 2.75) is 6.54 Å². The van der Waals surface area contributed by atoms with E-state index in [4.69, 9.17) is 4.74 Å². The number of hydrogen-bond donors (Lipinski definition) is 1. The lowest BCUT2D eigenvalue weighted by molar-refractivity contribution is 0.415. The van der Waals surface area contributed by atoms with Crippen LogP contribution < -0.4 is 15.0 Å². The molecular formula is C16H21N3O. The SMILES string of the molecule is COc1ccc(N(C)CCNCc2cccnc2)cc1. The van der Waals surface area contributed by atoms with Crippen LogP contribution in [0.4, 0.5) is 5.69 Å². The number of nitrogens with one attached hydrogen (secondary N) is 1. The highest BCUT2D eigenvalue weighted by atomic mass is 16.5. The van der Waals surface area contributed by atoms with E-state index in [0.29, 0.717) is 0 Å². The smallest absolute Gasteiger partial charge is 0.119 e. The van der Waals surface area contributed by atoms with Crippen LogP contribution in [0.1, 0.15) is 5.56 Å². The number of likely N-dealkylation sites (N-methyl/N-ethyl adjacent to an activating group) is 1. The summed E-state index contributed by atoms with van der Waals surface area (Å²) in [6, 6.07) is 12.1. The number of hydrogen-bond acceptors (Lipinski definition) is 4. The Balaban J connectivity index is 1.73. The van der Waals surface area contributed by atoms with E-state index < -0.39 is 0 Å². The van der Waals surface area contributed by atoms with Crippen LogP contribution in [0, 0.1) is 0 Å². The zero-order valence-electron chi connectivity index (χ0n) is 12.0. The fraction of sp³-hybridized carbons (Fsp3) is 0.312. The summed E-state index contributed by atoms with van der Waals surface area (Å²) in [7, 11) is 3.77. The van der Waals surface area contributed by atoms with Crippen LogP contribution in [-0.4, -0.2) is 32.2 Å². The van der Waals surface area contributed by atoms with Crippen molar-refractivity contribution in [1.82, 2.24) is 10.3 Å². The van der Waals surface area contributed by atoms with Gasteiger partial charge in [0.25, 0.3) is 0 Å². The number of pyridine rings is 1. The van der Waals surface area contributed by atoms with Gasteiger partial charge in [0.1, 0.15) is 5.75 Å². The van der Waals surface area contributed by atoms with E-state index in [1.165, 1.54) is 11.3 Å². The molecule has 2 aromatic rings. The molecule has 0 aliphatic heterocycles. The summed E-state index contributed by atoms with van der Waals surface area (Å²) in [4.78, 5) is 6.32. The second-order valence-electron chi connectivity index (χ2n) is 4.66. The lowest BCUT2D eigenvalue weighted by Crippen LogP contribution is -2.28. The van der Waals surface area contributed by atoms with Crippen molar-refractivity contribution in [2.24, 2.45) is 0 Å². The van der Waals surface area contributed by atoms with Crippen LogP contribution in [0.15, 0.2) is 48.8 Å². The minimum absolute atomic E-state index is 0.851. The Labute approximate surface area is 120 Å². The molecule has 0 radical (unpaired) electrons. The van der Waals surface area contributed by atoms with Crippen LogP contribution in [-0.2, 0) is 6.54 Å². The first-order valence-electron chi connectivity index (χ1n) is 6.74. The second-order valence-corrected chi connectivity index (χ2v) is 4.66. The number of benzene rings is 1. The normalized spacial score (nSPS) is 10.3. The monoisotopic (exact) mass is 271 g/mol. The Hall–Kier alpha value is -2.07. The van der Waals surface area contributed by atoms with E-state index in [1.807, 2.05) is 24.4 Å². The number of ether oxygens (including phenoxy) is 1. The maximum atomic E-state index is 5.16. The highest BCUT2D eigenvalue weighted by molar-refractivity contribution is 5.48. The van der Waals surface area contributed by atoms with Gasteiger partial charge in [0.05, 0.1) is 7.11 Å². The van der Waals surface area contributed by atoms with Crippen LogP contribution in [0.2, 0.25) is 0 Å². The number of rotatable bonds is 7. The lowest BCUT2D eigenvalue weighted by Gasteiger charge is -2.19. The van der Waals surface area contributed by atoms with Gasteiger partial charge < -0.3 is 15.0 Å². The van der Waals surface area contributed by atoms with Gasteiger partial charge in [-0.15, -0.1) is 0 Å². The molecule has 0 unspecified atom stereocenters. The maximum Gasteiger partial charge on any atom is 0.119 e. The first kappa shape index (κ1) is 14.3. The molecule has 1 aromatic carbocycles. The molecule has 1 N–H and O–H groups in total. The van der Waals surface area contributed by atoms with Gasteiger partial charge in [-0.3, -0.25) is 4.98 Å². The van der Waals surface area contributed by atoms with Crippen LogP contribution >= 0.6 is 0 Å². The molecule has 106 valence electrons. The summed E-state index contributed by atoms with van der Waals surface area (Å²) < 4.78 is 5.16. The van der Waals surface area contributed by atoms with E-state index in [9.17, 15) is 0 Å². The first-order chi connectivity index (χ1) is 9.79. The molecule has 4 heteroatoms. The molecule has 0 bridgehead atoms. The minimum Gasteiger partial charge on any atom is -0.497 e. The molecule has 0 saturated carbocycles. The molecule has 2 rings (SSSR count). The van der Waals surface area contributed by atoms with Crippen molar-refractivity contribution in [3.63, 3.8) is 0 Å². The van der Waals surface area contributed by atoms with Crippen molar-refractivity contribution in [3.05, 3.63) is 54.4 Å². The Morgan fingerprint density at radius 3 is 2.65 bits per heavy atom. The van der Waals surface area contributed by atoms with Gasteiger partial charge in [0, 0.05) is 44.8 Å². The predicted octanol–water partition coefficient (Wildman–Crippen LogP) is 2.32. The van der Waals surface area contributed by atoms with Gasteiger partial charge in [-0.05, 0) is 35.9 Å². The predicted molar refractivity (Wildman–Crippen MR) is 82.2 cm³/mol. The molecule has 1 heterocycles. The molecule has 0 amide bonds. The van der Waals surface area contributed by atoms with Gasteiger partial charge in [0.15, 0.2) is 0 Å². The fourth-order valence-corrected chi connectivity index (χ4v) is 1.95. The van der Waals surface area contributed by atoms with Crippen LogP contribution in [0.3, 0.4) is 0 Å². The lowest BCUT2D eigenvalue weighted by atomic mass is 10.2. The quantitative estimate of drug-likeness (QED) is 0.784. The largest absolute Gasteiger partial charge is 0.497 e. The standard InChI is InChI=1S/C16H21N3O/c1-19(15-5-7-16(20-2)8-6-15)11-10-18-13-14-4-3-9-17-12-14/h3-9,12,18H,10-11,13H2,1-2H3. The van der Waals surface area contributed by atoms with Crippen molar-refractivity contribution < 1.29 is 4.74 Å². The van der Waals surface area contributed by atoms with E-state index >= 15 is 0 Å². The molecule has 0 aliphatic rings. The van der Waals surface area contributed by atoms with Crippen LogP contribution in [0.25, 0.3) is 0 Å². The maximum absolute atomic E-state index is 5.16. The van der Waals surface area contributed by atoms with E-state index in [-0.39, 0.29) is 0 Å². The Kier molecular flexibility index (Phi) is 5.38. The van der Waals surface area contributed by atoms with E-state index in [0.717, 1.165) is 25.4 Å². The molecule has 0 atom stereocenters.